The number of nitrogens with one attached hydrogen (secondary N) is 1. The van der Waals surface area contributed by atoms with Gasteiger partial charge in [0.15, 0.2) is 0 Å². The predicted octanol–water partition coefficient (Wildman–Crippen LogP) is 1.49. The van der Waals surface area contributed by atoms with Gasteiger partial charge in [-0.15, -0.1) is 0 Å². The molecule has 94 valence electrons. The molecule has 2 saturated heterocycles. The Balaban J connectivity index is 2.03. The van der Waals surface area contributed by atoms with Crippen molar-refractivity contribution < 1.29 is 4.74 Å². The lowest BCUT2D eigenvalue weighted by Gasteiger charge is -2.34. The Labute approximate surface area is 99.5 Å². The van der Waals surface area contributed by atoms with Crippen LogP contribution in [0.1, 0.15) is 33.1 Å². The molecular formula is C13H26N2O. The molecule has 1 unspecified atom stereocenters. The van der Waals surface area contributed by atoms with Crippen LogP contribution in [0.4, 0.5) is 0 Å². The summed E-state index contributed by atoms with van der Waals surface area (Å²) in [6, 6.07) is 1.29. The van der Waals surface area contributed by atoms with Crippen LogP contribution in [0.3, 0.4) is 0 Å². The van der Waals surface area contributed by atoms with Gasteiger partial charge in [-0.3, -0.25) is 4.90 Å². The highest BCUT2D eigenvalue weighted by Gasteiger charge is 2.44. The normalized spacial score (nSPS) is 30.4. The first-order chi connectivity index (χ1) is 7.67. The van der Waals surface area contributed by atoms with Gasteiger partial charge < -0.3 is 10.1 Å². The molecule has 1 N–H and O–H groups in total. The first kappa shape index (κ1) is 12.3. The minimum absolute atomic E-state index is 0.582. The van der Waals surface area contributed by atoms with E-state index in [2.05, 4.69) is 24.1 Å². The van der Waals surface area contributed by atoms with Crippen LogP contribution in [0.5, 0.6) is 0 Å². The SMILES string of the molecule is COCC1CC2(CCNCC2)CN1C(C)C. The average molecular weight is 226 g/mol. The van der Waals surface area contributed by atoms with Crippen LogP contribution >= 0.6 is 0 Å². The lowest BCUT2D eigenvalue weighted by Crippen LogP contribution is -2.41. The standard InChI is InChI=1S/C13H26N2O/c1-11(2)15-10-13(4-6-14-7-5-13)8-12(15)9-16-3/h11-12,14H,4-10H2,1-3H3. The van der Waals surface area contributed by atoms with Crippen molar-refractivity contribution in [2.45, 2.75) is 45.2 Å². The van der Waals surface area contributed by atoms with Crippen molar-refractivity contribution in [2.75, 3.05) is 33.4 Å². The third-order valence-corrected chi connectivity index (χ3v) is 4.34. The second-order valence-electron chi connectivity index (χ2n) is 5.83. The number of ether oxygens (including phenoxy) is 1. The zero-order chi connectivity index (χ0) is 11.6. The van der Waals surface area contributed by atoms with Crippen molar-refractivity contribution in [1.29, 1.82) is 0 Å². The highest BCUT2D eigenvalue weighted by Crippen LogP contribution is 2.42. The van der Waals surface area contributed by atoms with Gasteiger partial charge in [0.05, 0.1) is 6.61 Å². The minimum Gasteiger partial charge on any atom is -0.383 e. The molecule has 0 bridgehead atoms. The topological polar surface area (TPSA) is 24.5 Å². The molecule has 2 aliphatic heterocycles. The van der Waals surface area contributed by atoms with Gasteiger partial charge in [-0.05, 0) is 51.6 Å². The molecule has 0 aromatic rings. The zero-order valence-electron chi connectivity index (χ0n) is 11.0. The van der Waals surface area contributed by atoms with Gasteiger partial charge in [0, 0.05) is 25.7 Å². The Morgan fingerprint density at radius 1 is 1.38 bits per heavy atom. The number of rotatable bonds is 3. The maximum atomic E-state index is 5.38. The molecule has 2 rings (SSSR count). The lowest BCUT2D eigenvalue weighted by molar-refractivity contribution is 0.0974. The molecule has 3 heteroatoms. The zero-order valence-corrected chi connectivity index (χ0v) is 11.0. The monoisotopic (exact) mass is 226 g/mol. The molecule has 16 heavy (non-hydrogen) atoms. The van der Waals surface area contributed by atoms with E-state index in [4.69, 9.17) is 4.74 Å². The highest BCUT2D eigenvalue weighted by molar-refractivity contribution is 4.98. The van der Waals surface area contributed by atoms with Crippen LogP contribution in [-0.4, -0.2) is 50.3 Å². The van der Waals surface area contributed by atoms with E-state index in [-0.39, 0.29) is 0 Å². The van der Waals surface area contributed by atoms with Gasteiger partial charge in [0.1, 0.15) is 0 Å². The van der Waals surface area contributed by atoms with Crippen molar-refractivity contribution in [3.05, 3.63) is 0 Å². The van der Waals surface area contributed by atoms with Crippen LogP contribution in [0.25, 0.3) is 0 Å². The fourth-order valence-electron chi connectivity index (χ4n) is 3.47. The molecule has 1 atom stereocenters. The Morgan fingerprint density at radius 2 is 2.06 bits per heavy atom. The number of piperidine rings is 1. The van der Waals surface area contributed by atoms with E-state index in [1.54, 1.807) is 0 Å². The van der Waals surface area contributed by atoms with Gasteiger partial charge in [-0.1, -0.05) is 0 Å². The second-order valence-corrected chi connectivity index (χ2v) is 5.83. The van der Waals surface area contributed by atoms with Gasteiger partial charge in [-0.25, -0.2) is 0 Å². The van der Waals surface area contributed by atoms with Crippen LogP contribution < -0.4 is 5.32 Å². The Morgan fingerprint density at radius 3 is 2.62 bits per heavy atom. The quantitative estimate of drug-likeness (QED) is 0.789. The highest BCUT2D eigenvalue weighted by atomic mass is 16.5. The maximum Gasteiger partial charge on any atom is 0.0618 e. The summed E-state index contributed by atoms with van der Waals surface area (Å²) in [4.78, 5) is 2.65. The Bertz CT molecular complexity index is 224. The predicted molar refractivity (Wildman–Crippen MR) is 66.7 cm³/mol. The van der Waals surface area contributed by atoms with Crippen molar-refractivity contribution in [3.63, 3.8) is 0 Å². The summed E-state index contributed by atoms with van der Waals surface area (Å²) in [5.41, 5.74) is 0.582. The molecule has 0 aliphatic carbocycles. The number of hydrogen-bond acceptors (Lipinski definition) is 3. The van der Waals surface area contributed by atoms with Crippen molar-refractivity contribution in [1.82, 2.24) is 10.2 Å². The summed E-state index contributed by atoms with van der Waals surface area (Å²) in [5.74, 6) is 0. The molecule has 0 aromatic carbocycles. The molecule has 2 fully saturated rings. The molecule has 1 spiro atoms. The van der Waals surface area contributed by atoms with E-state index in [0.29, 0.717) is 17.5 Å². The van der Waals surface area contributed by atoms with Crippen molar-refractivity contribution in [3.8, 4) is 0 Å². The smallest absolute Gasteiger partial charge is 0.0618 e. The molecule has 0 radical (unpaired) electrons. The fourth-order valence-corrected chi connectivity index (χ4v) is 3.47. The van der Waals surface area contributed by atoms with Gasteiger partial charge in [-0.2, -0.15) is 0 Å². The van der Waals surface area contributed by atoms with Gasteiger partial charge >= 0.3 is 0 Å². The minimum atomic E-state index is 0.582. The third kappa shape index (κ3) is 2.41. The summed E-state index contributed by atoms with van der Waals surface area (Å²) < 4.78 is 5.38. The summed E-state index contributed by atoms with van der Waals surface area (Å²) in [6.07, 6.45) is 4.02. The van der Waals surface area contributed by atoms with Crippen LogP contribution in [-0.2, 0) is 4.74 Å². The number of nitrogens with zero attached hydrogens (tertiary/aromatic N) is 1. The van der Waals surface area contributed by atoms with E-state index < -0.39 is 0 Å². The largest absolute Gasteiger partial charge is 0.383 e. The molecule has 0 aromatic heterocycles. The molecule has 2 aliphatic rings. The molecule has 3 nitrogen and oxygen atoms in total. The van der Waals surface area contributed by atoms with Crippen molar-refractivity contribution in [2.24, 2.45) is 5.41 Å². The van der Waals surface area contributed by atoms with Crippen LogP contribution in [0.2, 0.25) is 0 Å². The Hall–Kier alpha value is -0.120. The van der Waals surface area contributed by atoms with E-state index in [0.717, 1.165) is 6.61 Å². The summed E-state index contributed by atoms with van der Waals surface area (Å²) in [5, 5.41) is 3.48. The van der Waals surface area contributed by atoms with Crippen LogP contribution in [0.15, 0.2) is 0 Å². The second kappa shape index (κ2) is 5.03. The first-order valence-corrected chi connectivity index (χ1v) is 6.62. The first-order valence-electron chi connectivity index (χ1n) is 6.62. The third-order valence-electron chi connectivity index (χ3n) is 4.34. The molecule has 0 amide bonds. The number of methoxy groups -OCH3 is 1. The summed E-state index contributed by atoms with van der Waals surface area (Å²) in [7, 11) is 1.83. The van der Waals surface area contributed by atoms with Crippen molar-refractivity contribution >= 4 is 0 Å². The fraction of sp³-hybridized carbons (Fsp3) is 1.00. The van der Waals surface area contributed by atoms with Gasteiger partial charge in [0.25, 0.3) is 0 Å². The summed E-state index contributed by atoms with van der Waals surface area (Å²) >= 11 is 0. The van der Waals surface area contributed by atoms with E-state index in [1.807, 2.05) is 7.11 Å². The summed E-state index contributed by atoms with van der Waals surface area (Å²) in [6.45, 7) is 9.19. The average Bonchev–Trinajstić information content (AvgIpc) is 2.59. The molecule has 2 heterocycles. The Kier molecular flexibility index (Phi) is 3.88. The lowest BCUT2D eigenvalue weighted by atomic mass is 9.77. The molecule has 0 saturated carbocycles. The van der Waals surface area contributed by atoms with E-state index >= 15 is 0 Å². The van der Waals surface area contributed by atoms with Crippen LogP contribution in [0, 0.1) is 5.41 Å². The number of hydrogen-bond donors (Lipinski definition) is 1. The van der Waals surface area contributed by atoms with Gasteiger partial charge in [0.2, 0.25) is 0 Å². The van der Waals surface area contributed by atoms with E-state index in [1.165, 1.54) is 38.9 Å². The number of likely N-dealkylation sites (tertiary alicyclic amines) is 1. The van der Waals surface area contributed by atoms with E-state index in [9.17, 15) is 0 Å². The molecular weight excluding hydrogens is 200 g/mol. The maximum absolute atomic E-state index is 5.38.